The normalized spacial score (nSPS) is 11.4. The molecule has 1 amide bonds. The van der Waals surface area contributed by atoms with E-state index in [1.165, 1.54) is 4.90 Å². The minimum Gasteiger partial charge on any atom is -0.342 e. The molecule has 0 radical (unpaired) electrons. The van der Waals surface area contributed by atoms with Crippen LogP contribution in [0.1, 0.15) is 36.5 Å². The molecule has 0 aliphatic carbocycles. The van der Waals surface area contributed by atoms with E-state index in [9.17, 15) is 17.6 Å². The number of rotatable bonds is 6. The van der Waals surface area contributed by atoms with E-state index in [1.54, 1.807) is 7.05 Å². The van der Waals surface area contributed by atoms with Crippen LogP contribution in [0, 0.1) is 5.82 Å². The fourth-order valence-corrected chi connectivity index (χ4v) is 2.83. The zero-order chi connectivity index (χ0) is 15.3. The van der Waals surface area contributed by atoms with Crippen molar-refractivity contribution < 1.29 is 17.6 Å². The lowest BCUT2D eigenvalue weighted by Gasteiger charge is -2.18. The molecule has 1 aromatic rings. The number of halogens is 2. The molecule has 0 N–H and O–H groups in total. The van der Waals surface area contributed by atoms with Crippen LogP contribution in [0.5, 0.6) is 0 Å². The lowest BCUT2D eigenvalue weighted by Crippen LogP contribution is -2.29. The van der Waals surface area contributed by atoms with Gasteiger partial charge in [0, 0.05) is 24.3 Å². The number of benzene rings is 1. The fraction of sp³-hybridized carbons (Fsp3) is 0.462. The molecule has 1 rings (SSSR count). The molecule has 0 aliphatic rings. The van der Waals surface area contributed by atoms with Crippen LogP contribution in [0.25, 0.3) is 0 Å². The van der Waals surface area contributed by atoms with Crippen molar-refractivity contribution in [1.82, 2.24) is 4.90 Å². The molecule has 0 heterocycles. The third kappa shape index (κ3) is 4.45. The summed E-state index contributed by atoms with van der Waals surface area (Å²) in [5.41, 5.74) is -0.237. The van der Waals surface area contributed by atoms with Crippen LogP contribution in [-0.2, 0) is 9.05 Å². The molecule has 112 valence electrons. The first-order chi connectivity index (χ1) is 9.27. The number of nitrogens with zero attached hydrogens (tertiary/aromatic N) is 1. The monoisotopic (exact) mass is 321 g/mol. The van der Waals surface area contributed by atoms with E-state index >= 15 is 0 Å². The van der Waals surface area contributed by atoms with Gasteiger partial charge in [-0.15, -0.1) is 0 Å². The summed E-state index contributed by atoms with van der Waals surface area (Å²) in [6, 6.07) is 2.86. The Labute approximate surface area is 123 Å². The van der Waals surface area contributed by atoms with Crippen LogP contribution >= 0.6 is 10.7 Å². The highest BCUT2D eigenvalue weighted by Gasteiger charge is 2.23. The minimum absolute atomic E-state index is 0.237. The summed E-state index contributed by atoms with van der Waals surface area (Å²) in [5, 5.41) is 0. The van der Waals surface area contributed by atoms with Gasteiger partial charge >= 0.3 is 0 Å². The van der Waals surface area contributed by atoms with Crippen molar-refractivity contribution in [3.63, 3.8) is 0 Å². The number of unbranched alkanes of at least 4 members (excludes halogenated alkanes) is 2. The van der Waals surface area contributed by atoms with Gasteiger partial charge in [-0.2, -0.15) is 0 Å². The van der Waals surface area contributed by atoms with Crippen LogP contribution in [0.2, 0.25) is 0 Å². The molecule has 0 fully saturated rings. The van der Waals surface area contributed by atoms with Crippen LogP contribution in [0.4, 0.5) is 4.39 Å². The van der Waals surface area contributed by atoms with E-state index in [-0.39, 0.29) is 10.5 Å². The molecular formula is C13H17ClFNO3S. The summed E-state index contributed by atoms with van der Waals surface area (Å²) in [6.07, 6.45) is 2.77. The molecule has 0 saturated heterocycles. The van der Waals surface area contributed by atoms with Crippen LogP contribution in [-0.4, -0.2) is 32.8 Å². The fourth-order valence-electron chi connectivity index (χ4n) is 1.79. The van der Waals surface area contributed by atoms with Crippen molar-refractivity contribution in [2.24, 2.45) is 0 Å². The lowest BCUT2D eigenvalue weighted by molar-refractivity contribution is 0.0788. The third-order valence-electron chi connectivity index (χ3n) is 2.88. The first-order valence-corrected chi connectivity index (χ1v) is 8.58. The van der Waals surface area contributed by atoms with Crippen molar-refractivity contribution in [3.8, 4) is 0 Å². The third-order valence-corrected chi connectivity index (χ3v) is 4.26. The van der Waals surface area contributed by atoms with Crippen LogP contribution < -0.4 is 0 Å². The summed E-state index contributed by atoms with van der Waals surface area (Å²) in [7, 11) is 2.72. The van der Waals surface area contributed by atoms with Gasteiger partial charge in [0.15, 0.2) is 0 Å². The van der Waals surface area contributed by atoms with Gasteiger partial charge in [0.2, 0.25) is 0 Å². The lowest BCUT2D eigenvalue weighted by atomic mass is 10.2. The summed E-state index contributed by atoms with van der Waals surface area (Å²) in [6.45, 7) is 2.51. The second-order valence-electron chi connectivity index (χ2n) is 4.51. The average molecular weight is 322 g/mol. The first-order valence-electron chi connectivity index (χ1n) is 6.27. The van der Waals surface area contributed by atoms with Gasteiger partial charge in [-0.25, -0.2) is 12.8 Å². The van der Waals surface area contributed by atoms with Gasteiger partial charge in [0.1, 0.15) is 5.82 Å². The highest BCUT2D eigenvalue weighted by Crippen LogP contribution is 2.22. The van der Waals surface area contributed by atoms with Crippen molar-refractivity contribution >= 4 is 25.6 Å². The van der Waals surface area contributed by atoms with Gasteiger partial charge in [-0.3, -0.25) is 4.79 Å². The van der Waals surface area contributed by atoms with Crippen molar-refractivity contribution in [3.05, 3.63) is 29.6 Å². The molecule has 0 aromatic heterocycles. The predicted octanol–water partition coefficient (Wildman–Crippen LogP) is 3.02. The van der Waals surface area contributed by atoms with E-state index < -0.39 is 20.8 Å². The second kappa shape index (κ2) is 7.04. The Balaban J connectivity index is 3.06. The first kappa shape index (κ1) is 16.9. The average Bonchev–Trinajstić information content (AvgIpc) is 2.36. The molecule has 7 heteroatoms. The summed E-state index contributed by atoms with van der Waals surface area (Å²) in [4.78, 5) is 13.2. The Bertz CT molecular complexity index is 589. The Morgan fingerprint density at radius 2 is 2.00 bits per heavy atom. The number of amides is 1. The van der Waals surface area contributed by atoms with Gasteiger partial charge in [0.25, 0.3) is 15.0 Å². The Morgan fingerprint density at radius 1 is 1.35 bits per heavy atom. The van der Waals surface area contributed by atoms with Gasteiger partial charge in [0.05, 0.1) is 10.5 Å². The van der Waals surface area contributed by atoms with E-state index in [2.05, 4.69) is 0 Å². The van der Waals surface area contributed by atoms with E-state index in [1.807, 2.05) is 6.92 Å². The quantitative estimate of drug-likeness (QED) is 0.598. The number of carbonyl (C=O) groups is 1. The zero-order valence-electron chi connectivity index (χ0n) is 11.4. The minimum atomic E-state index is -4.10. The SMILES string of the molecule is CCCCCN(C)C(=O)c1cc(F)ccc1S(=O)(=O)Cl. The largest absolute Gasteiger partial charge is 0.342 e. The molecule has 0 aliphatic heterocycles. The summed E-state index contributed by atoms with van der Waals surface area (Å²) < 4.78 is 36.1. The molecule has 4 nitrogen and oxygen atoms in total. The molecule has 0 saturated carbocycles. The van der Waals surface area contributed by atoms with Gasteiger partial charge < -0.3 is 4.90 Å². The molecule has 20 heavy (non-hydrogen) atoms. The molecule has 0 unspecified atom stereocenters. The topological polar surface area (TPSA) is 54.5 Å². The van der Waals surface area contributed by atoms with Crippen molar-refractivity contribution in [2.75, 3.05) is 13.6 Å². The second-order valence-corrected chi connectivity index (χ2v) is 7.05. The maximum atomic E-state index is 13.3. The highest BCUT2D eigenvalue weighted by molar-refractivity contribution is 8.13. The molecular weight excluding hydrogens is 305 g/mol. The Morgan fingerprint density at radius 3 is 2.55 bits per heavy atom. The number of hydrogen-bond acceptors (Lipinski definition) is 3. The standard InChI is InChI=1S/C13H17ClFNO3S/c1-3-4-5-8-16(2)13(17)11-9-10(15)6-7-12(11)20(14,18)19/h6-7,9H,3-5,8H2,1-2H3. The van der Waals surface area contributed by atoms with E-state index in [4.69, 9.17) is 10.7 Å². The zero-order valence-corrected chi connectivity index (χ0v) is 13.0. The maximum Gasteiger partial charge on any atom is 0.262 e. The van der Waals surface area contributed by atoms with Crippen molar-refractivity contribution in [2.45, 2.75) is 31.1 Å². The smallest absolute Gasteiger partial charge is 0.262 e. The molecule has 0 atom stereocenters. The van der Waals surface area contributed by atoms with Crippen molar-refractivity contribution in [1.29, 1.82) is 0 Å². The van der Waals surface area contributed by atoms with Gasteiger partial charge in [-0.1, -0.05) is 19.8 Å². The highest BCUT2D eigenvalue weighted by atomic mass is 35.7. The molecule has 0 bridgehead atoms. The molecule has 0 spiro atoms. The maximum absolute atomic E-state index is 13.3. The van der Waals surface area contributed by atoms with Crippen LogP contribution in [0.15, 0.2) is 23.1 Å². The Kier molecular flexibility index (Phi) is 5.95. The Hall–Kier alpha value is -1.14. The van der Waals surface area contributed by atoms with Crippen LogP contribution in [0.3, 0.4) is 0 Å². The summed E-state index contributed by atoms with van der Waals surface area (Å²) >= 11 is 0. The number of carbonyl (C=O) groups excluding carboxylic acids is 1. The van der Waals surface area contributed by atoms with Gasteiger partial charge in [-0.05, 0) is 24.6 Å². The molecule has 1 aromatic carbocycles. The number of hydrogen-bond donors (Lipinski definition) is 0. The predicted molar refractivity (Wildman–Crippen MR) is 75.9 cm³/mol. The van der Waals surface area contributed by atoms with E-state index in [0.29, 0.717) is 6.54 Å². The summed E-state index contributed by atoms with van der Waals surface area (Å²) in [5.74, 6) is -1.24. The van der Waals surface area contributed by atoms with E-state index in [0.717, 1.165) is 37.5 Å².